The third kappa shape index (κ3) is 2.91. The van der Waals surface area contributed by atoms with Gasteiger partial charge in [-0.1, -0.05) is 25.9 Å². The highest BCUT2D eigenvalue weighted by Gasteiger charge is 2.20. The summed E-state index contributed by atoms with van der Waals surface area (Å²) in [6.07, 6.45) is 0. The Balaban J connectivity index is 1.93. The van der Waals surface area contributed by atoms with Crippen molar-refractivity contribution in [2.45, 2.75) is 46.6 Å². The fourth-order valence-corrected chi connectivity index (χ4v) is 2.51. The lowest BCUT2D eigenvalue weighted by atomic mass is 9.92. The van der Waals surface area contributed by atoms with Crippen LogP contribution < -0.4 is 4.90 Å². The van der Waals surface area contributed by atoms with E-state index in [1.165, 1.54) is 0 Å². The minimum absolute atomic E-state index is 0.0250. The Morgan fingerprint density at radius 3 is 2.61 bits per heavy atom. The van der Waals surface area contributed by atoms with Crippen molar-refractivity contribution in [1.82, 2.24) is 25.3 Å². The minimum atomic E-state index is 0.0250. The molecule has 0 fully saturated rings. The number of rotatable bonds is 3. The molecule has 1 N–H and O–H groups in total. The van der Waals surface area contributed by atoms with E-state index >= 15 is 0 Å². The molecule has 0 saturated carbocycles. The van der Waals surface area contributed by atoms with Gasteiger partial charge in [0.25, 0.3) is 5.71 Å². The first-order valence-electron chi connectivity index (χ1n) is 7.62. The van der Waals surface area contributed by atoms with Crippen molar-refractivity contribution in [1.29, 1.82) is 0 Å². The fraction of sp³-hybridized carbons (Fsp3) is 0.500. The molecule has 0 saturated heterocycles. The molecule has 3 rings (SSSR count). The van der Waals surface area contributed by atoms with Gasteiger partial charge in [0.05, 0.1) is 23.6 Å². The highest BCUT2D eigenvalue weighted by Crippen LogP contribution is 2.27. The average molecular weight is 314 g/mol. The minimum Gasteiger partial charge on any atom is -0.353 e. The van der Waals surface area contributed by atoms with E-state index in [-0.39, 0.29) is 5.41 Å². The van der Waals surface area contributed by atoms with Crippen LogP contribution in [-0.2, 0) is 12.0 Å². The second kappa shape index (κ2) is 5.33. The number of anilines is 1. The molecule has 0 aliphatic rings. The van der Waals surface area contributed by atoms with E-state index in [9.17, 15) is 0 Å². The Bertz CT molecular complexity index is 842. The Labute approximate surface area is 135 Å². The predicted molar refractivity (Wildman–Crippen MR) is 88.5 cm³/mol. The first kappa shape index (κ1) is 15.5. The van der Waals surface area contributed by atoms with Crippen LogP contribution in [0.25, 0.3) is 11.1 Å². The lowest BCUT2D eigenvalue weighted by molar-refractivity contribution is 0.442. The van der Waals surface area contributed by atoms with Crippen molar-refractivity contribution >= 4 is 16.9 Å². The standard InChI is InChI=1S/C16H22N6O/c1-9-13-14(17-10(2)18-15(13)23-21-9)22(6)8-11-7-12(20-19-11)16(3,4)5/h7H,8H2,1-6H3,(H,19,20). The van der Waals surface area contributed by atoms with Crippen LogP contribution >= 0.6 is 0 Å². The quantitative estimate of drug-likeness (QED) is 0.800. The molecule has 3 aromatic rings. The van der Waals surface area contributed by atoms with Crippen molar-refractivity contribution in [3.63, 3.8) is 0 Å². The van der Waals surface area contributed by atoms with Gasteiger partial charge in [0.15, 0.2) is 0 Å². The highest BCUT2D eigenvalue weighted by molar-refractivity contribution is 5.88. The van der Waals surface area contributed by atoms with Gasteiger partial charge in [-0.3, -0.25) is 5.10 Å². The van der Waals surface area contributed by atoms with E-state index in [1.54, 1.807) is 0 Å². The Hall–Kier alpha value is -2.44. The normalized spacial score (nSPS) is 12.1. The van der Waals surface area contributed by atoms with Crippen LogP contribution in [0.4, 0.5) is 5.82 Å². The number of nitrogens with zero attached hydrogens (tertiary/aromatic N) is 5. The Morgan fingerprint density at radius 2 is 1.96 bits per heavy atom. The van der Waals surface area contributed by atoms with Gasteiger partial charge in [-0.2, -0.15) is 10.1 Å². The summed E-state index contributed by atoms with van der Waals surface area (Å²) in [6.45, 7) is 10.9. The third-order valence-electron chi connectivity index (χ3n) is 3.77. The summed E-state index contributed by atoms with van der Waals surface area (Å²) in [5, 5.41) is 12.4. The molecule has 0 atom stereocenters. The average Bonchev–Trinajstić information content (AvgIpc) is 3.05. The maximum atomic E-state index is 5.27. The van der Waals surface area contributed by atoms with Crippen molar-refractivity contribution in [2.24, 2.45) is 0 Å². The van der Waals surface area contributed by atoms with E-state index in [2.05, 4.69) is 57.1 Å². The van der Waals surface area contributed by atoms with Crippen LogP contribution in [0, 0.1) is 13.8 Å². The SMILES string of the molecule is Cc1nc(N(C)Cc2cc(C(C)(C)C)n[nH]2)c2c(C)noc2n1. The number of hydrogen-bond donors (Lipinski definition) is 1. The molecule has 7 heteroatoms. The Kier molecular flexibility index (Phi) is 3.58. The first-order valence-corrected chi connectivity index (χ1v) is 7.62. The number of aromatic nitrogens is 5. The molecule has 0 unspecified atom stereocenters. The summed E-state index contributed by atoms with van der Waals surface area (Å²) in [5.74, 6) is 1.48. The molecule has 0 aromatic carbocycles. The van der Waals surface area contributed by atoms with E-state index in [4.69, 9.17) is 4.52 Å². The van der Waals surface area contributed by atoms with E-state index in [1.807, 2.05) is 20.9 Å². The smallest absolute Gasteiger partial charge is 0.263 e. The lowest BCUT2D eigenvalue weighted by Gasteiger charge is -2.18. The molecule has 0 amide bonds. The van der Waals surface area contributed by atoms with Gasteiger partial charge in [-0.05, 0) is 19.9 Å². The van der Waals surface area contributed by atoms with Crippen LogP contribution in [0.1, 0.15) is 43.7 Å². The molecule has 0 radical (unpaired) electrons. The van der Waals surface area contributed by atoms with Crippen molar-refractivity contribution in [3.05, 3.63) is 29.0 Å². The zero-order valence-electron chi connectivity index (χ0n) is 14.4. The zero-order chi connectivity index (χ0) is 16.8. The largest absolute Gasteiger partial charge is 0.353 e. The van der Waals surface area contributed by atoms with E-state index in [0.29, 0.717) is 18.1 Å². The van der Waals surface area contributed by atoms with Gasteiger partial charge in [-0.15, -0.1) is 0 Å². The van der Waals surface area contributed by atoms with E-state index < -0.39 is 0 Å². The summed E-state index contributed by atoms with van der Waals surface area (Å²) in [6, 6.07) is 2.10. The van der Waals surface area contributed by atoms with Crippen LogP contribution in [0.2, 0.25) is 0 Å². The molecule has 3 heterocycles. The van der Waals surface area contributed by atoms with E-state index in [0.717, 1.165) is 28.3 Å². The number of aromatic amines is 1. The monoisotopic (exact) mass is 314 g/mol. The van der Waals surface area contributed by atoms with Gasteiger partial charge in [0, 0.05) is 12.5 Å². The van der Waals surface area contributed by atoms with Gasteiger partial charge in [0.2, 0.25) is 0 Å². The number of fused-ring (bicyclic) bond motifs is 1. The second-order valence-electron chi connectivity index (χ2n) is 6.93. The van der Waals surface area contributed by atoms with Crippen molar-refractivity contribution < 1.29 is 4.52 Å². The number of aryl methyl sites for hydroxylation is 2. The third-order valence-corrected chi connectivity index (χ3v) is 3.77. The molecule has 0 aliphatic carbocycles. The molecule has 0 bridgehead atoms. The Morgan fingerprint density at radius 1 is 1.22 bits per heavy atom. The molecule has 0 spiro atoms. The number of hydrogen-bond acceptors (Lipinski definition) is 6. The highest BCUT2D eigenvalue weighted by atomic mass is 16.5. The molecule has 0 aliphatic heterocycles. The number of nitrogens with one attached hydrogen (secondary N) is 1. The van der Waals surface area contributed by atoms with Crippen LogP contribution in [0.5, 0.6) is 0 Å². The summed E-state index contributed by atoms with van der Waals surface area (Å²) in [5.41, 5.74) is 3.43. The zero-order valence-corrected chi connectivity index (χ0v) is 14.4. The second-order valence-corrected chi connectivity index (χ2v) is 6.93. The molecule has 122 valence electrons. The molecule has 23 heavy (non-hydrogen) atoms. The van der Waals surface area contributed by atoms with Gasteiger partial charge < -0.3 is 9.42 Å². The van der Waals surface area contributed by atoms with Crippen molar-refractivity contribution in [2.75, 3.05) is 11.9 Å². The fourth-order valence-electron chi connectivity index (χ4n) is 2.51. The van der Waals surface area contributed by atoms with Crippen LogP contribution in [-0.4, -0.2) is 32.4 Å². The van der Waals surface area contributed by atoms with Gasteiger partial charge in [-0.25, -0.2) is 4.98 Å². The summed E-state index contributed by atoms with van der Waals surface area (Å²) in [4.78, 5) is 10.9. The first-order chi connectivity index (χ1) is 10.8. The summed E-state index contributed by atoms with van der Waals surface area (Å²) >= 11 is 0. The molecule has 3 aromatic heterocycles. The molecular formula is C16H22N6O. The number of H-pyrrole nitrogens is 1. The van der Waals surface area contributed by atoms with Crippen LogP contribution in [0.15, 0.2) is 10.6 Å². The predicted octanol–water partition coefficient (Wildman–Crippen LogP) is 2.89. The summed E-state index contributed by atoms with van der Waals surface area (Å²) < 4.78 is 5.27. The van der Waals surface area contributed by atoms with Gasteiger partial charge in [0.1, 0.15) is 17.0 Å². The summed E-state index contributed by atoms with van der Waals surface area (Å²) in [7, 11) is 1.99. The lowest BCUT2D eigenvalue weighted by Crippen LogP contribution is -2.19. The maximum Gasteiger partial charge on any atom is 0.263 e. The van der Waals surface area contributed by atoms with Gasteiger partial charge >= 0.3 is 0 Å². The topological polar surface area (TPSA) is 83.7 Å². The molecular weight excluding hydrogens is 292 g/mol. The van der Waals surface area contributed by atoms with Crippen LogP contribution in [0.3, 0.4) is 0 Å². The van der Waals surface area contributed by atoms with Crippen molar-refractivity contribution in [3.8, 4) is 0 Å². The maximum absolute atomic E-state index is 5.27. The molecule has 7 nitrogen and oxygen atoms in total.